The molecule has 6 heteroatoms. The molecule has 1 aliphatic rings. The standard InChI is InChI=1S/C23H19BrClN3O/c1-13(2)27-20(24)11-18-22(27)21(16-7-5-15(12-26)6-8-16)28(23(18)29)19-10-17(25)9-4-14(19)3/h4-11,13,21H,1-3H3. The molecule has 1 aromatic heterocycles. The van der Waals surface area contributed by atoms with Gasteiger partial charge in [-0.3, -0.25) is 9.69 Å². The third-order valence-electron chi connectivity index (χ3n) is 5.30. The molecule has 1 atom stereocenters. The highest BCUT2D eigenvalue weighted by Crippen LogP contribution is 2.46. The van der Waals surface area contributed by atoms with E-state index in [1.165, 1.54) is 0 Å². The van der Waals surface area contributed by atoms with Crippen molar-refractivity contribution >= 4 is 39.1 Å². The van der Waals surface area contributed by atoms with Crippen LogP contribution in [0.15, 0.2) is 53.1 Å². The number of anilines is 1. The largest absolute Gasteiger partial charge is 0.334 e. The van der Waals surface area contributed by atoms with Gasteiger partial charge in [0.15, 0.2) is 0 Å². The highest BCUT2D eigenvalue weighted by Gasteiger charge is 2.43. The maximum Gasteiger partial charge on any atom is 0.261 e. The number of carbonyl (C=O) groups excluding carboxylic acids is 1. The molecule has 0 saturated heterocycles. The minimum absolute atomic E-state index is 0.0557. The molecule has 1 aliphatic heterocycles. The molecular weight excluding hydrogens is 450 g/mol. The molecule has 1 unspecified atom stereocenters. The molecule has 0 fully saturated rings. The molecule has 4 rings (SSSR count). The van der Waals surface area contributed by atoms with Gasteiger partial charge in [0.1, 0.15) is 6.04 Å². The second kappa shape index (κ2) is 7.37. The molecule has 2 heterocycles. The summed E-state index contributed by atoms with van der Waals surface area (Å²) in [5, 5.41) is 9.76. The highest BCUT2D eigenvalue weighted by molar-refractivity contribution is 9.10. The average Bonchev–Trinajstić information content (AvgIpc) is 3.17. The summed E-state index contributed by atoms with van der Waals surface area (Å²) in [6.07, 6.45) is 0. The Kier molecular flexibility index (Phi) is 5.02. The van der Waals surface area contributed by atoms with Crippen molar-refractivity contribution in [3.8, 4) is 6.07 Å². The second-order valence-corrected chi connectivity index (χ2v) is 8.72. The van der Waals surface area contributed by atoms with Crippen LogP contribution in [0.1, 0.15) is 58.7 Å². The Morgan fingerprint density at radius 2 is 1.83 bits per heavy atom. The number of amides is 1. The molecule has 0 bridgehead atoms. The van der Waals surface area contributed by atoms with Crippen molar-refractivity contribution in [2.45, 2.75) is 32.9 Å². The quantitative estimate of drug-likeness (QED) is 0.445. The number of nitrogens with zero attached hydrogens (tertiary/aromatic N) is 3. The summed E-state index contributed by atoms with van der Waals surface area (Å²) in [5.74, 6) is -0.0557. The third kappa shape index (κ3) is 3.17. The summed E-state index contributed by atoms with van der Waals surface area (Å²) in [4.78, 5) is 15.4. The van der Waals surface area contributed by atoms with E-state index in [2.05, 4.69) is 40.4 Å². The lowest BCUT2D eigenvalue weighted by molar-refractivity contribution is 0.0993. The van der Waals surface area contributed by atoms with Gasteiger partial charge in [0.2, 0.25) is 0 Å². The summed E-state index contributed by atoms with van der Waals surface area (Å²) < 4.78 is 3.03. The molecular formula is C23H19BrClN3O. The summed E-state index contributed by atoms with van der Waals surface area (Å²) in [7, 11) is 0. The fourth-order valence-corrected chi connectivity index (χ4v) is 4.99. The number of rotatable bonds is 3. The van der Waals surface area contributed by atoms with E-state index < -0.39 is 0 Å². The maximum absolute atomic E-state index is 13.6. The van der Waals surface area contributed by atoms with Crippen LogP contribution in [0.5, 0.6) is 0 Å². The topological polar surface area (TPSA) is 49.0 Å². The lowest BCUT2D eigenvalue weighted by Gasteiger charge is -2.29. The van der Waals surface area contributed by atoms with Gasteiger partial charge in [0, 0.05) is 16.8 Å². The number of halogens is 2. The Bertz CT molecular complexity index is 1160. The number of nitriles is 1. The molecule has 0 aliphatic carbocycles. The van der Waals surface area contributed by atoms with Gasteiger partial charge in [0.25, 0.3) is 5.91 Å². The van der Waals surface area contributed by atoms with E-state index in [-0.39, 0.29) is 18.0 Å². The first-order valence-corrected chi connectivity index (χ1v) is 10.5. The first kappa shape index (κ1) is 19.8. The Morgan fingerprint density at radius 3 is 2.45 bits per heavy atom. The van der Waals surface area contributed by atoms with E-state index in [1.54, 1.807) is 12.1 Å². The first-order valence-electron chi connectivity index (χ1n) is 9.34. The van der Waals surface area contributed by atoms with Crippen molar-refractivity contribution in [1.29, 1.82) is 5.26 Å². The molecule has 0 N–H and O–H groups in total. The average molecular weight is 469 g/mol. The van der Waals surface area contributed by atoms with E-state index in [4.69, 9.17) is 11.6 Å². The van der Waals surface area contributed by atoms with Gasteiger partial charge in [-0.25, -0.2) is 0 Å². The van der Waals surface area contributed by atoms with Gasteiger partial charge in [-0.05, 0) is 78.2 Å². The summed E-state index contributed by atoms with van der Waals surface area (Å²) >= 11 is 9.91. The highest BCUT2D eigenvalue weighted by atomic mass is 79.9. The Morgan fingerprint density at radius 1 is 1.14 bits per heavy atom. The Hall–Kier alpha value is -2.55. The van der Waals surface area contributed by atoms with Crippen LogP contribution in [0.2, 0.25) is 5.02 Å². The second-order valence-electron chi connectivity index (χ2n) is 7.47. The predicted molar refractivity (Wildman–Crippen MR) is 119 cm³/mol. The van der Waals surface area contributed by atoms with Crippen molar-refractivity contribution in [2.75, 3.05) is 4.90 Å². The number of fused-ring (bicyclic) bond motifs is 1. The van der Waals surface area contributed by atoms with Crippen molar-refractivity contribution in [3.05, 3.63) is 86.1 Å². The fraction of sp³-hybridized carbons (Fsp3) is 0.217. The van der Waals surface area contributed by atoms with Gasteiger partial charge in [-0.1, -0.05) is 29.8 Å². The summed E-state index contributed by atoms with van der Waals surface area (Å²) in [6.45, 7) is 6.17. The molecule has 0 spiro atoms. The van der Waals surface area contributed by atoms with Gasteiger partial charge in [-0.15, -0.1) is 0 Å². The lowest BCUT2D eigenvalue weighted by atomic mass is 10.0. The molecule has 4 nitrogen and oxygen atoms in total. The van der Waals surface area contributed by atoms with E-state index in [0.717, 1.165) is 27.1 Å². The Labute approximate surface area is 183 Å². The smallest absolute Gasteiger partial charge is 0.261 e. The van der Waals surface area contributed by atoms with Crippen LogP contribution in [0.25, 0.3) is 0 Å². The van der Waals surface area contributed by atoms with E-state index in [0.29, 0.717) is 16.1 Å². The number of benzene rings is 2. The van der Waals surface area contributed by atoms with Crippen LogP contribution >= 0.6 is 27.5 Å². The van der Waals surface area contributed by atoms with Crippen LogP contribution in [-0.2, 0) is 0 Å². The van der Waals surface area contributed by atoms with E-state index in [9.17, 15) is 10.1 Å². The van der Waals surface area contributed by atoms with Crippen LogP contribution in [0.4, 0.5) is 5.69 Å². The molecule has 146 valence electrons. The number of aryl methyl sites for hydroxylation is 1. The number of carbonyl (C=O) groups is 1. The van der Waals surface area contributed by atoms with Crippen LogP contribution in [0, 0.1) is 18.3 Å². The third-order valence-corrected chi connectivity index (χ3v) is 6.14. The van der Waals surface area contributed by atoms with Gasteiger partial charge in [0.05, 0.1) is 27.5 Å². The van der Waals surface area contributed by atoms with Crippen LogP contribution in [-0.4, -0.2) is 10.5 Å². The van der Waals surface area contributed by atoms with Crippen LogP contribution < -0.4 is 4.90 Å². The van der Waals surface area contributed by atoms with Crippen molar-refractivity contribution in [1.82, 2.24) is 4.57 Å². The zero-order chi connectivity index (χ0) is 20.9. The molecule has 2 aromatic carbocycles. The zero-order valence-electron chi connectivity index (χ0n) is 16.3. The minimum atomic E-state index is -0.309. The van der Waals surface area contributed by atoms with Crippen LogP contribution in [0.3, 0.4) is 0 Å². The fourth-order valence-electron chi connectivity index (χ4n) is 3.99. The molecule has 0 saturated carbocycles. The van der Waals surface area contributed by atoms with Crippen molar-refractivity contribution in [3.63, 3.8) is 0 Å². The maximum atomic E-state index is 13.6. The molecule has 1 amide bonds. The summed E-state index contributed by atoms with van der Waals surface area (Å²) in [6, 6.07) is 16.9. The van der Waals surface area contributed by atoms with Crippen molar-refractivity contribution in [2.24, 2.45) is 0 Å². The monoisotopic (exact) mass is 467 g/mol. The van der Waals surface area contributed by atoms with E-state index in [1.807, 2.05) is 48.2 Å². The number of aromatic nitrogens is 1. The number of hydrogen-bond donors (Lipinski definition) is 0. The lowest BCUT2D eigenvalue weighted by Crippen LogP contribution is -2.30. The molecule has 3 aromatic rings. The van der Waals surface area contributed by atoms with Crippen molar-refractivity contribution < 1.29 is 4.79 Å². The number of hydrogen-bond acceptors (Lipinski definition) is 2. The first-order chi connectivity index (χ1) is 13.8. The van der Waals surface area contributed by atoms with Gasteiger partial charge < -0.3 is 4.57 Å². The normalized spacial score (nSPS) is 15.7. The SMILES string of the molecule is Cc1ccc(Cl)cc1N1C(=O)c2cc(Br)n(C(C)C)c2C1c1ccc(C#N)cc1. The minimum Gasteiger partial charge on any atom is -0.334 e. The zero-order valence-corrected chi connectivity index (χ0v) is 18.6. The predicted octanol–water partition coefficient (Wildman–Crippen LogP) is 6.41. The molecule has 0 radical (unpaired) electrons. The van der Waals surface area contributed by atoms with Gasteiger partial charge in [-0.2, -0.15) is 5.26 Å². The van der Waals surface area contributed by atoms with E-state index >= 15 is 0 Å². The summed E-state index contributed by atoms with van der Waals surface area (Å²) in [5.41, 5.74) is 4.92. The van der Waals surface area contributed by atoms with Gasteiger partial charge >= 0.3 is 0 Å². The molecule has 29 heavy (non-hydrogen) atoms. The Balaban J connectivity index is 1.98.